The zero-order valence-corrected chi connectivity index (χ0v) is 11.5. The van der Waals surface area contributed by atoms with Crippen LogP contribution in [0.5, 0.6) is 17.2 Å². The summed E-state index contributed by atoms with van der Waals surface area (Å²) >= 11 is 11.8. The number of nitrogens with zero attached hydrogens (tertiary/aromatic N) is 1. The van der Waals surface area contributed by atoms with E-state index in [1.807, 2.05) is 0 Å². The summed E-state index contributed by atoms with van der Waals surface area (Å²) in [6, 6.07) is 9.84. The van der Waals surface area contributed by atoms with Crippen LogP contribution in [0, 0.1) is 6.57 Å². The first kappa shape index (κ1) is 13.5. The molecule has 0 N–H and O–H groups in total. The number of rotatable bonds is 3. The average Bonchev–Trinajstić information content (AvgIpc) is 2.40. The second-order valence-corrected chi connectivity index (χ2v) is 4.53. The number of benzene rings is 2. The number of hydrogen-bond acceptors (Lipinski definition) is 2. The van der Waals surface area contributed by atoms with Gasteiger partial charge in [0.1, 0.15) is 5.75 Å². The van der Waals surface area contributed by atoms with Crippen LogP contribution in [0.1, 0.15) is 0 Å². The molecule has 0 saturated heterocycles. The van der Waals surface area contributed by atoms with Gasteiger partial charge in [0.2, 0.25) is 0 Å². The van der Waals surface area contributed by atoms with Gasteiger partial charge in [-0.3, -0.25) is 0 Å². The van der Waals surface area contributed by atoms with Crippen LogP contribution in [0.4, 0.5) is 5.69 Å². The van der Waals surface area contributed by atoms with Crippen LogP contribution >= 0.6 is 23.2 Å². The van der Waals surface area contributed by atoms with Gasteiger partial charge < -0.3 is 9.47 Å². The molecule has 0 aromatic heterocycles. The van der Waals surface area contributed by atoms with E-state index in [1.54, 1.807) is 36.4 Å². The van der Waals surface area contributed by atoms with Crippen LogP contribution in [0.2, 0.25) is 10.0 Å². The fourth-order valence-corrected chi connectivity index (χ4v) is 1.91. The third-order valence-corrected chi connectivity index (χ3v) is 2.79. The fraction of sp³-hybridized carbons (Fsp3) is 0.0714. The van der Waals surface area contributed by atoms with Crippen molar-refractivity contribution < 1.29 is 9.47 Å². The summed E-state index contributed by atoms with van der Waals surface area (Å²) in [6.45, 7) is 6.99. The standard InChI is InChI=1S/C14H9Cl2NO2/c1-17-11-5-10(16)6-12(8-11)19-13-4-3-9(15)7-14(13)18-2/h3-8H,2H3. The van der Waals surface area contributed by atoms with E-state index in [9.17, 15) is 0 Å². The van der Waals surface area contributed by atoms with E-state index in [0.29, 0.717) is 33.0 Å². The van der Waals surface area contributed by atoms with Gasteiger partial charge in [-0.2, -0.15) is 0 Å². The Morgan fingerprint density at radius 3 is 2.47 bits per heavy atom. The van der Waals surface area contributed by atoms with Crippen molar-refractivity contribution in [3.63, 3.8) is 0 Å². The molecule has 2 aromatic carbocycles. The highest BCUT2D eigenvalue weighted by Crippen LogP contribution is 2.36. The molecule has 2 aromatic rings. The molecule has 0 aliphatic carbocycles. The molecule has 0 atom stereocenters. The van der Waals surface area contributed by atoms with E-state index >= 15 is 0 Å². The predicted octanol–water partition coefficient (Wildman–Crippen LogP) is 5.35. The molecule has 0 heterocycles. The summed E-state index contributed by atoms with van der Waals surface area (Å²) < 4.78 is 10.8. The van der Waals surface area contributed by atoms with Gasteiger partial charge in [-0.25, -0.2) is 4.85 Å². The Hall–Kier alpha value is -1.89. The Labute approximate surface area is 121 Å². The molecule has 96 valence electrons. The molecule has 0 aliphatic rings. The Morgan fingerprint density at radius 2 is 1.79 bits per heavy atom. The van der Waals surface area contributed by atoms with E-state index in [0.717, 1.165) is 0 Å². The molecule has 0 unspecified atom stereocenters. The topological polar surface area (TPSA) is 22.8 Å². The average molecular weight is 294 g/mol. The van der Waals surface area contributed by atoms with Crippen molar-refractivity contribution in [1.82, 2.24) is 0 Å². The minimum atomic E-state index is 0.412. The quantitative estimate of drug-likeness (QED) is 0.712. The normalized spacial score (nSPS) is 9.79. The lowest BCUT2D eigenvalue weighted by Crippen LogP contribution is -1.90. The predicted molar refractivity (Wildman–Crippen MR) is 75.8 cm³/mol. The molecule has 19 heavy (non-hydrogen) atoms. The van der Waals surface area contributed by atoms with E-state index in [4.69, 9.17) is 39.2 Å². The van der Waals surface area contributed by atoms with Crippen molar-refractivity contribution in [2.75, 3.05) is 7.11 Å². The van der Waals surface area contributed by atoms with Crippen molar-refractivity contribution in [2.24, 2.45) is 0 Å². The maximum Gasteiger partial charge on any atom is 0.192 e. The number of ether oxygens (including phenoxy) is 2. The molecule has 2 rings (SSSR count). The Kier molecular flexibility index (Phi) is 4.16. The van der Waals surface area contributed by atoms with Crippen molar-refractivity contribution in [3.05, 3.63) is 57.9 Å². The zero-order chi connectivity index (χ0) is 13.8. The van der Waals surface area contributed by atoms with Gasteiger partial charge in [-0.05, 0) is 30.3 Å². The highest BCUT2D eigenvalue weighted by atomic mass is 35.5. The summed E-state index contributed by atoms with van der Waals surface area (Å²) in [7, 11) is 1.53. The second-order valence-electron chi connectivity index (χ2n) is 3.65. The highest BCUT2D eigenvalue weighted by molar-refractivity contribution is 6.31. The third kappa shape index (κ3) is 3.31. The van der Waals surface area contributed by atoms with Gasteiger partial charge in [0.15, 0.2) is 17.2 Å². The van der Waals surface area contributed by atoms with Crippen LogP contribution in [-0.4, -0.2) is 7.11 Å². The van der Waals surface area contributed by atoms with Crippen molar-refractivity contribution in [1.29, 1.82) is 0 Å². The van der Waals surface area contributed by atoms with Gasteiger partial charge in [0, 0.05) is 16.1 Å². The molecule has 0 fully saturated rings. The number of halogens is 2. The smallest absolute Gasteiger partial charge is 0.192 e. The Morgan fingerprint density at radius 1 is 1.00 bits per heavy atom. The molecule has 0 radical (unpaired) electrons. The van der Waals surface area contributed by atoms with Crippen molar-refractivity contribution in [3.8, 4) is 17.2 Å². The lowest BCUT2D eigenvalue weighted by atomic mass is 10.3. The molecular formula is C14H9Cl2NO2. The third-order valence-electron chi connectivity index (χ3n) is 2.34. The Balaban J connectivity index is 2.36. The van der Waals surface area contributed by atoms with Gasteiger partial charge >= 0.3 is 0 Å². The van der Waals surface area contributed by atoms with Crippen LogP contribution in [0.15, 0.2) is 36.4 Å². The zero-order valence-electron chi connectivity index (χ0n) is 9.98. The molecular weight excluding hydrogens is 285 g/mol. The number of methoxy groups -OCH3 is 1. The van der Waals surface area contributed by atoms with Gasteiger partial charge in [0.25, 0.3) is 0 Å². The van der Waals surface area contributed by atoms with Gasteiger partial charge in [-0.15, -0.1) is 0 Å². The number of hydrogen-bond donors (Lipinski definition) is 0. The van der Waals surface area contributed by atoms with Crippen LogP contribution in [0.25, 0.3) is 4.85 Å². The van der Waals surface area contributed by atoms with E-state index < -0.39 is 0 Å². The molecule has 0 spiro atoms. The van der Waals surface area contributed by atoms with E-state index in [2.05, 4.69) is 4.85 Å². The minimum absolute atomic E-state index is 0.412. The second kappa shape index (κ2) is 5.83. The maximum absolute atomic E-state index is 6.99. The van der Waals surface area contributed by atoms with Crippen LogP contribution in [0.3, 0.4) is 0 Å². The SMILES string of the molecule is [C-]#[N+]c1cc(Cl)cc(Oc2ccc(Cl)cc2OC)c1. The summed E-state index contributed by atoms with van der Waals surface area (Å²) in [5.41, 5.74) is 0.412. The first-order valence-electron chi connectivity index (χ1n) is 5.32. The van der Waals surface area contributed by atoms with E-state index in [-0.39, 0.29) is 0 Å². The monoisotopic (exact) mass is 293 g/mol. The maximum atomic E-state index is 6.99. The summed E-state index contributed by atoms with van der Waals surface area (Å²) in [4.78, 5) is 3.32. The van der Waals surface area contributed by atoms with Gasteiger partial charge in [0.05, 0.1) is 13.7 Å². The summed E-state index contributed by atoms with van der Waals surface area (Å²) in [5.74, 6) is 1.49. The first-order valence-corrected chi connectivity index (χ1v) is 6.07. The van der Waals surface area contributed by atoms with Crippen LogP contribution < -0.4 is 9.47 Å². The lowest BCUT2D eigenvalue weighted by Gasteiger charge is -2.11. The first-order chi connectivity index (χ1) is 9.12. The molecule has 0 amide bonds. The molecule has 0 bridgehead atoms. The van der Waals surface area contributed by atoms with E-state index in [1.165, 1.54) is 7.11 Å². The Bertz CT molecular complexity index is 650. The van der Waals surface area contributed by atoms with Crippen LogP contribution in [-0.2, 0) is 0 Å². The molecule has 0 aliphatic heterocycles. The van der Waals surface area contributed by atoms with Crippen molar-refractivity contribution >= 4 is 28.9 Å². The lowest BCUT2D eigenvalue weighted by molar-refractivity contribution is 0.379. The minimum Gasteiger partial charge on any atom is -0.493 e. The highest BCUT2D eigenvalue weighted by Gasteiger charge is 2.08. The van der Waals surface area contributed by atoms with Gasteiger partial charge in [-0.1, -0.05) is 23.2 Å². The molecule has 0 saturated carbocycles. The largest absolute Gasteiger partial charge is 0.493 e. The summed E-state index contributed by atoms with van der Waals surface area (Å²) in [5, 5.41) is 0.994. The molecule has 5 heteroatoms. The fourth-order valence-electron chi connectivity index (χ4n) is 1.52. The summed E-state index contributed by atoms with van der Waals surface area (Å²) in [6.07, 6.45) is 0. The molecule has 3 nitrogen and oxygen atoms in total. The van der Waals surface area contributed by atoms with Crippen molar-refractivity contribution in [2.45, 2.75) is 0 Å².